The zero-order chi connectivity index (χ0) is 22.3. The van der Waals surface area contributed by atoms with Gasteiger partial charge in [0.1, 0.15) is 0 Å². The lowest BCUT2D eigenvalue weighted by molar-refractivity contribution is -0.763. The fraction of sp³-hybridized carbons (Fsp3) is 0.238. The number of benzene rings is 2. The van der Waals surface area contributed by atoms with Gasteiger partial charge in [0, 0.05) is 17.1 Å². The van der Waals surface area contributed by atoms with Crippen molar-refractivity contribution < 1.29 is 22.6 Å². The van der Waals surface area contributed by atoms with Gasteiger partial charge >= 0.3 is 17.4 Å². The number of aromatic amines is 1. The highest BCUT2D eigenvalue weighted by Gasteiger charge is 2.45. The summed E-state index contributed by atoms with van der Waals surface area (Å²) < 4.78 is 40.7. The minimum Gasteiger partial charge on any atom is -0.291 e. The van der Waals surface area contributed by atoms with E-state index in [4.69, 9.17) is 0 Å². The largest absolute Gasteiger partial charge is 0.416 e. The van der Waals surface area contributed by atoms with E-state index < -0.39 is 23.5 Å². The summed E-state index contributed by atoms with van der Waals surface area (Å²) in [6.45, 7) is 1.70. The third kappa shape index (κ3) is 3.60. The molecule has 4 rings (SSSR count). The Morgan fingerprint density at radius 1 is 1.19 bits per heavy atom. The molecule has 0 unspecified atom stereocenters. The first kappa shape index (κ1) is 21.1. The highest BCUT2D eigenvalue weighted by molar-refractivity contribution is 7.98. The summed E-state index contributed by atoms with van der Waals surface area (Å²) in [5, 5.41) is 4.82. The maximum atomic E-state index is 13.1. The molecule has 0 aliphatic carbocycles. The molecule has 0 saturated heterocycles. The molecule has 0 bridgehead atoms. The Morgan fingerprint density at radius 2 is 1.87 bits per heavy atom. The number of alkyl halides is 3. The van der Waals surface area contributed by atoms with Gasteiger partial charge in [0.15, 0.2) is 0 Å². The number of carbonyl (C=O) groups is 1. The van der Waals surface area contributed by atoms with E-state index in [9.17, 15) is 22.8 Å². The predicted molar refractivity (Wildman–Crippen MR) is 110 cm³/mol. The second-order valence-electron chi connectivity index (χ2n) is 6.88. The molecule has 0 spiro atoms. The molecule has 0 radical (unpaired) electrons. The predicted octanol–water partition coefficient (Wildman–Crippen LogP) is 3.77. The zero-order valence-corrected chi connectivity index (χ0v) is 17.4. The van der Waals surface area contributed by atoms with Gasteiger partial charge in [-0.2, -0.15) is 13.2 Å². The van der Waals surface area contributed by atoms with Gasteiger partial charge in [0.05, 0.1) is 16.8 Å². The maximum absolute atomic E-state index is 13.1. The molecule has 160 valence electrons. The molecule has 31 heavy (non-hydrogen) atoms. The van der Waals surface area contributed by atoms with E-state index in [-0.39, 0.29) is 18.0 Å². The van der Waals surface area contributed by atoms with Crippen LogP contribution in [-0.2, 0) is 11.0 Å². The van der Waals surface area contributed by atoms with E-state index in [1.165, 1.54) is 33.5 Å². The van der Waals surface area contributed by atoms with Crippen molar-refractivity contribution >= 4 is 23.4 Å². The summed E-state index contributed by atoms with van der Waals surface area (Å²) in [5.74, 6) is -0.247. The zero-order valence-electron chi connectivity index (χ0n) is 16.6. The fourth-order valence-corrected chi connectivity index (χ4v) is 4.01. The number of para-hydroxylation sites is 1. The summed E-state index contributed by atoms with van der Waals surface area (Å²) in [7, 11) is 0. The topological polar surface area (TPSA) is 69.9 Å². The van der Waals surface area contributed by atoms with Crippen molar-refractivity contribution in [3.63, 3.8) is 0 Å². The Kier molecular flexibility index (Phi) is 5.34. The standard InChI is InChI=1S/C21H17F3N4O2S/c1-3-16(29)27-15-7-5-4-6-14(15)17-18(30)25-20(31-2)26-28(17)19(27)12-8-10-13(11-9-12)21(22,23)24/h4-11,19H,3H2,1-2H3/p+1/t19-/m1/s1. The van der Waals surface area contributed by atoms with E-state index >= 15 is 0 Å². The van der Waals surface area contributed by atoms with Crippen molar-refractivity contribution in [2.45, 2.75) is 30.8 Å². The number of nitrogens with zero attached hydrogens (tertiary/aromatic N) is 3. The van der Waals surface area contributed by atoms with Crippen LogP contribution in [0.1, 0.15) is 30.6 Å². The van der Waals surface area contributed by atoms with Crippen LogP contribution in [0.4, 0.5) is 18.9 Å². The van der Waals surface area contributed by atoms with E-state index in [0.717, 1.165) is 12.1 Å². The minimum absolute atomic E-state index is 0.167. The Labute approximate surface area is 179 Å². The third-order valence-electron chi connectivity index (χ3n) is 5.06. The van der Waals surface area contributed by atoms with Crippen molar-refractivity contribution in [1.82, 2.24) is 10.1 Å². The van der Waals surface area contributed by atoms with Gasteiger partial charge in [-0.25, -0.2) is 4.90 Å². The molecular weight excluding hydrogens is 429 g/mol. The minimum atomic E-state index is -4.48. The molecular formula is C21H18F3N4O2S+. The SMILES string of the molecule is CCC(=O)N1c2ccccc2-c2c(=O)[nH]c(SC)n[n+]2[C@@H]1c1ccc(C(F)(F)F)cc1. The molecule has 2 aromatic carbocycles. The number of hydrogen-bond acceptors (Lipinski definition) is 4. The van der Waals surface area contributed by atoms with Gasteiger partial charge < -0.3 is 0 Å². The normalized spacial score (nSPS) is 15.4. The summed E-state index contributed by atoms with van der Waals surface area (Å²) in [5.41, 5.74) is 0.471. The smallest absolute Gasteiger partial charge is 0.291 e. The van der Waals surface area contributed by atoms with Crippen LogP contribution >= 0.6 is 11.8 Å². The van der Waals surface area contributed by atoms with Crippen LogP contribution in [0.15, 0.2) is 58.5 Å². The number of amides is 1. The molecule has 1 aromatic heterocycles. The number of nitrogens with one attached hydrogen (secondary N) is 1. The highest BCUT2D eigenvalue weighted by Crippen LogP contribution is 2.38. The summed E-state index contributed by atoms with van der Waals surface area (Å²) in [6, 6.07) is 11.5. The molecule has 10 heteroatoms. The number of anilines is 1. The van der Waals surface area contributed by atoms with Crippen LogP contribution in [0.25, 0.3) is 11.3 Å². The summed E-state index contributed by atoms with van der Waals surface area (Å²) in [4.78, 5) is 30.1. The van der Waals surface area contributed by atoms with Crippen LogP contribution < -0.4 is 15.1 Å². The van der Waals surface area contributed by atoms with E-state index in [1.807, 2.05) is 0 Å². The molecule has 6 nitrogen and oxygen atoms in total. The Bertz CT molecular complexity index is 1210. The van der Waals surface area contributed by atoms with E-state index in [2.05, 4.69) is 10.1 Å². The average Bonchev–Trinajstić information content (AvgIpc) is 2.76. The van der Waals surface area contributed by atoms with Crippen LogP contribution in [-0.4, -0.2) is 22.2 Å². The van der Waals surface area contributed by atoms with E-state index in [0.29, 0.717) is 22.0 Å². The quantitative estimate of drug-likeness (QED) is 0.490. The van der Waals surface area contributed by atoms with Crippen LogP contribution in [0.3, 0.4) is 0 Å². The van der Waals surface area contributed by atoms with Gasteiger partial charge in [-0.1, -0.05) is 30.8 Å². The van der Waals surface area contributed by atoms with Gasteiger partial charge in [-0.05, 0) is 47.3 Å². The van der Waals surface area contributed by atoms with Crippen molar-refractivity contribution in [3.05, 3.63) is 70.0 Å². The van der Waals surface area contributed by atoms with Crippen molar-refractivity contribution in [1.29, 1.82) is 0 Å². The van der Waals surface area contributed by atoms with Gasteiger partial charge in [-0.15, -0.1) is 0 Å². The van der Waals surface area contributed by atoms with Crippen molar-refractivity contribution in [2.24, 2.45) is 0 Å². The first-order chi connectivity index (χ1) is 14.8. The molecule has 1 aliphatic heterocycles. The Morgan fingerprint density at radius 3 is 2.48 bits per heavy atom. The number of aromatic nitrogens is 3. The second kappa shape index (κ2) is 7.84. The lowest BCUT2D eigenvalue weighted by Gasteiger charge is -2.32. The molecule has 2 heterocycles. The number of thioether (sulfide) groups is 1. The molecule has 1 aliphatic rings. The van der Waals surface area contributed by atoms with Gasteiger partial charge in [-0.3, -0.25) is 14.6 Å². The summed E-state index contributed by atoms with van der Waals surface area (Å²) >= 11 is 1.22. The lowest BCUT2D eigenvalue weighted by Crippen LogP contribution is -2.60. The number of H-pyrrole nitrogens is 1. The molecule has 0 fully saturated rings. The lowest BCUT2D eigenvalue weighted by atomic mass is 10.0. The second-order valence-corrected chi connectivity index (χ2v) is 7.68. The third-order valence-corrected chi connectivity index (χ3v) is 5.63. The van der Waals surface area contributed by atoms with Crippen LogP contribution in [0, 0.1) is 0 Å². The van der Waals surface area contributed by atoms with Gasteiger partial charge in [0.25, 0.3) is 6.17 Å². The molecule has 1 amide bonds. The molecule has 1 atom stereocenters. The first-order valence-electron chi connectivity index (χ1n) is 9.45. The average molecular weight is 447 g/mol. The van der Waals surface area contributed by atoms with Crippen LogP contribution in [0.5, 0.6) is 0 Å². The van der Waals surface area contributed by atoms with E-state index in [1.54, 1.807) is 37.4 Å². The number of hydrogen-bond donors (Lipinski definition) is 1. The number of carbonyl (C=O) groups excluding carboxylic acids is 1. The molecule has 3 aromatic rings. The first-order valence-corrected chi connectivity index (χ1v) is 10.7. The number of rotatable bonds is 3. The fourth-order valence-electron chi connectivity index (χ4n) is 3.65. The number of halogens is 3. The highest BCUT2D eigenvalue weighted by atomic mass is 32.2. The monoisotopic (exact) mass is 447 g/mol. The Balaban J connectivity index is 2.01. The van der Waals surface area contributed by atoms with Crippen LogP contribution in [0.2, 0.25) is 0 Å². The van der Waals surface area contributed by atoms with Crippen molar-refractivity contribution in [3.8, 4) is 11.3 Å². The maximum Gasteiger partial charge on any atom is 0.416 e. The molecule has 0 saturated carbocycles. The van der Waals surface area contributed by atoms with Gasteiger partial charge in [0.2, 0.25) is 11.1 Å². The Hall–Kier alpha value is -3.14. The molecule has 1 N–H and O–H groups in total. The van der Waals surface area contributed by atoms with Crippen molar-refractivity contribution in [2.75, 3.05) is 11.2 Å². The summed E-state index contributed by atoms with van der Waals surface area (Å²) in [6.07, 6.45) is -3.49. The number of fused-ring (bicyclic) bond motifs is 3.